The van der Waals surface area contributed by atoms with Crippen molar-refractivity contribution in [2.24, 2.45) is 10.7 Å². The van der Waals surface area contributed by atoms with Crippen molar-refractivity contribution < 1.29 is 14.3 Å². The summed E-state index contributed by atoms with van der Waals surface area (Å²) in [5.74, 6) is 1.75. The first kappa shape index (κ1) is 19.7. The Morgan fingerprint density at radius 3 is 2.68 bits per heavy atom. The SMILES string of the molecule is CN(C)C(=O)C1CCC(CN=C(N)Nc2cccc(Oc3ccccc3)c2)O1. The van der Waals surface area contributed by atoms with E-state index >= 15 is 0 Å². The highest BCUT2D eigenvalue weighted by Gasteiger charge is 2.31. The molecule has 0 saturated carbocycles. The first-order valence-corrected chi connectivity index (χ1v) is 9.28. The molecule has 3 N–H and O–H groups in total. The van der Waals surface area contributed by atoms with Gasteiger partial charge in [-0.1, -0.05) is 24.3 Å². The summed E-state index contributed by atoms with van der Waals surface area (Å²) in [4.78, 5) is 17.8. The van der Waals surface area contributed by atoms with Crippen molar-refractivity contribution >= 4 is 17.6 Å². The molecule has 0 bridgehead atoms. The van der Waals surface area contributed by atoms with Gasteiger partial charge in [0.2, 0.25) is 0 Å². The van der Waals surface area contributed by atoms with Gasteiger partial charge in [-0.2, -0.15) is 0 Å². The first-order valence-electron chi connectivity index (χ1n) is 9.28. The monoisotopic (exact) mass is 382 g/mol. The molecular formula is C21H26N4O3. The quantitative estimate of drug-likeness (QED) is 0.592. The van der Waals surface area contributed by atoms with Crippen LogP contribution in [0.1, 0.15) is 12.8 Å². The Kier molecular flexibility index (Phi) is 6.49. The van der Waals surface area contributed by atoms with Crippen molar-refractivity contribution in [3.05, 3.63) is 54.6 Å². The van der Waals surface area contributed by atoms with Crippen molar-refractivity contribution in [3.8, 4) is 11.5 Å². The van der Waals surface area contributed by atoms with Crippen molar-refractivity contribution in [1.29, 1.82) is 0 Å². The molecule has 0 spiro atoms. The number of para-hydroxylation sites is 1. The predicted molar refractivity (Wildman–Crippen MR) is 110 cm³/mol. The standard InChI is InChI=1S/C21H26N4O3/c1-25(2)20(26)19-12-11-18(28-19)14-23-21(22)24-15-7-6-10-17(13-15)27-16-8-4-3-5-9-16/h3-10,13,18-19H,11-12,14H2,1-2H3,(H3,22,23,24). The van der Waals surface area contributed by atoms with Crippen LogP contribution in [-0.2, 0) is 9.53 Å². The van der Waals surface area contributed by atoms with E-state index in [2.05, 4.69) is 10.3 Å². The van der Waals surface area contributed by atoms with Crippen LogP contribution in [-0.4, -0.2) is 49.6 Å². The number of nitrogens with two attached hydrogens (primary N) is 1. The van der Waals surface area contributed by atoms with Crippen molar-refractivity contribution in [3.63, 3.8) is 0 Å². The molecule has 1 saturated heterocycles. The molecule has 1 fully saturated rings. The Morgan fingerprint density at radius 2 is 1.93 bits per heavy atom. The van der Waals surface area contributed by atoms with Gasteiger partial charge in [0, 0.05) is 25.8 Å². The summed E-state index contributed by atoms with van der Waals surface area (Å²) in [6, 6.07) is 17.1. The van der Waals surface area contributed by atoms with Crippen molar-refractivity contribution in [1.82, 2.24) is 4.90 Å². The second kappa shape index (κ2) is 9.23. The molecule has 28 heavy (non-hydrogen) atoms. The summed E-state index contributed by atoms with van der Waals surface area (Å²) in [5.41, 5.74) is 6.78. The number of amides is 1. The lowest BCUT2D eigenvalue weighted by Crippen LogP contribution is -2.34. The molecule has 0 aromatic heterocycles. The Hall–Kier alpha value is -3.06. The zero-order valence-electron chi connectivity index (χ0n) is 16.2. The van der Waals surface area contributed by atoms with E-state index < -0.39 is 0 Å². The van der Waals surface area contributed by atoms with Crippen LogP contribution in [0.3, 0.4) is 0 Å². The summed E-state index contributed by atoms with van der Waals surface area (Å²) < 4.78 is 11.6. The highest BCUT2D eigenvalue weighted by molar-refractivity contribution is 5.92. The van der Waals surface area contributed by atoms with Gasteiger partial charge in [0.15, 0.2) is 5.96 Å². The number of rotatable bonds is 6. The summed E-state index contributed by atoms with van der Waals surface area (Å²) in [5, 5.41) is 3.06. The normalized spacial score (nSPS) is 19.3. The van der Waals surface area contributed by atoms with Crippen LogP contribution in [0.4, 0.5) is 5.69 Å². The first-order chi connectivity index (χ1) is 13.5. The molecule has 3 rings (SSSR count). The summed E-state index contributed by atoms with van der Waals surface area (Å²) in [6.45, 7) is 0.413. The molecule has 2 atom stereocenters. The number of hydrogen-bond donors (Lipinski definition) is 2. The zero-order valence-corrected chi connectivity index (χ0v) is 16.2. The number of ether oxygens (including phenoxy) is 2. The number of hydrogen-bond acceptors (Lipinski definition) is 4. The van der Waals surface area contributed by atoms with Gasteiger partial charge in [0.05, 0.1) is 12.6 Å². The lowest BCUT2D eigenvalue weighted by Gasteiger charge is -2.16. The third kappa shape index (κ3) is 5.47. The third-order valence-electron chi connectivity index (χ3n) is 4.37. The van der Waals surface area contributed by atoms with Crippen LogP contribution in [0.25, 0.3) is 0 Å². The number of guanidine groups is 1. The molecule has 0 aliphatic carbocycles. The van der Waals surface area contributed by atoms with Gasteiger partial charge in [-0.15, -0.1) is 0 Å². The molecule has 2 unspecified atom stereocenters. The number of nitrogens with one attached hydrogen (secondary N) is 1. The molecule has 7 heteroatoms. The van der Waals surface area contributed by atoms with E-state index in [9.17, 15) is 4.79 Å². The summed E-state index contributed by atoms with van der Waals surface area (Å²) >= 11 is 0. The van der Waals surface area contributed by atoms with Crippen LogP contribution in [0.15, 0.2) is 59.6 Å². The fourth-order valence-electron chi connectivity index (χ4n) is 2.96. The number of aliphatic imine (C=N–C) groups is 1. The Bertz CT molecular complexity index is 823. The van der Waals surface area contributed by atoms with Gasteiger partial charge in [0.25, 0.3) is 5.91 Å². The Labute approximate surface area is 165 Å². The number of likely N-dealkylation sites (N-methyl/N-ethyl adjacent to an activating group) is 1. The predicted octanol–water partition coefficient (Wildman–Crippen LogP) is 2.84. The highest BCUT2D eigenvalue weighted by Crippen LogP contribution is 2.24. The van der Waals surface area contributed by atoms with Crippen LogP contribution >= 0.6 is 0 Å². The molecule has 148 valence electrons. The Balaban J connectivity index is 1.52. The smallest absolute Gasteiger partial charge is 0.251 e. The number of benzene rings is 2. The minimum absolute atomic E-state index is 0.00666. The summed E-state index contributed by atoms with van der Waals surface area (Å²) in [7, 11) is 3.46. The van der Waals surface area contributed by atoms with Gasteiger partial charge in [-0.05, 0) is 37.1 Å². The maximum atomic E-state index is 11.9. The number of carbonyl (C=O) groups is 1. The van der Waals surface area contributed by atoms with E-state index in [1.54, 1.807) is 19.0 Å². The van der Waals surface area contributed by atoms with Gasteiger partial charge in [0.1, 0.15) is 17.6 Å². The maximum Gasteiger partial charge on any atom is 0.251 e. The summed E-state index contributed by atoms with van der Waals surface area (Å²) in [6.07, 6.45) is 1.03. The molecule has 2 aromatic carbocycles. The minimum Gasteiger partial charge on any atom is -0.457 e. The van der Waals surface area contributed by atoms with Crippen molar-refractivity contribution in [2.75, 3.05) is 26.0 Å². The third-order valence-corrected chi connectivity index (χ3v) is 4.37. The van der Waals surface area contributed by atoms with Gasteiger partial charge >= 0.3 is 0 Å². The van der Waals surface area contributed by atoms with Crippen molar-refractivity contribution in [2.45, 2.75) is 25.0 Å². The average molecular weight is 382 g/mol. The second-order valence-electron chi connectivity index (χ2n) is 6.85. The fourth-order valence-corrected chi connectivity index (χ4v) is 2.96. The van der Waals surface area contributed by atoms with Crippen LogP contribution in [0.2, 0.25) is 0 Å². The second-order valence-corrected chi connectivity index (χ2v) is 6.85. The number of nitrogens with zero attached hydrogens (tertiary/aromatic N) is 2. The van der Waals surface area contributed by atoms with Gasteiger partial charge in [-0.3, -0.25) is 9.79 Å². The number of carbonyl (C=O) groups excluding carboxylic acids is 1. The van der Waals surface area contributed by atoms with Crippen LogP contribution < -0.4 is 15.8 Å². The molecular weight excluding hydrogens is 356 g/mol. The van der Waals surface area contributed by atoms with E-state index in [4.69, 9.17) is 15.2 Å². The maximum absolute atomic E-state index is 11.9. The zero-order chi connectivity index (χ0) is 19.9. The molecule has 1 heterocycles. The minimum atomic E-state index is -0.379. The lowest BCUT2D eigenvalue weighted by atomic mass is 10.2. The Morgan fingerprint density at radius 1 is 1.18 bits per heavy atom. The largest absolute Gasteiger partial charge is 0.457 e. The fraction of sp³-hybridized carbons (Fsp3) is 0.333. The molecule has 1 amide bonds. The van der Waals surface area contributed by atoms with Gasteiger partial charge < -0.3 is 25.4 Å². The van der Waals surface area contributed by atoms with E-state index in [1.807, 2.05) is 54.6 Å². The average Bonchev–Trinajstić information content (AvgIpc) is 3.16. The van der Waals surface area contributed by atoms with E-state index in [-0.39, 0.29) is 18.1 Å². The molecule has 0 radical (unpaired) electrons. The van der Waals surface area contributed by atoms with E-state index in [1.165, 1.54) is 0 Å². The molecule has 2 aromatic rings. The van der Waals surface area contributed by atoms with Crippen LogP contribution in [0, 0.1) is 0 Å². The highest BCUT2D eigenvalue weighted by atomic mass is 16.5. The van der Waals surface area contributed by atoms with Gasteiger partial charge in [-0.25, -0.2) is 0 Å². The van der Waals surface area contributed by atoms with Crippen LogP contribution in [0.5, 0.6) is 11.5 Å². The topological polar surface area (TPSA) is 89.2 Å². The number of anilines is 1. The van der Waals surface area contributed by atoms with E-state index in [0.29, 0.717) is 24.7 Å². The van der Waals surface area contributed by atoms with E-state index in [0.717, 1.165) is 17.9 Å². The molecule has 1 aliphatic heterocycles. The lowest BCUT2D eigenvalue weighted by molar-refractivity contribution is -0.140. The molecule has 1 aliphatic rings. The molecule has 7 nitrogen and oxygen atoms in total.